The maximum Gasteiger partial charge on any atom is 4.00 e. The first-order valence-electron chi connectivity index (χ1n) is 0. The summed E-state index contributed by atoms with van der Waals surface area (Å²) in [6.45, 7) is 0. The van der Waals surface area contributed by atoms with Crippen molar-refractivity contribution in [3.8, 4) is 0 Å². The molecule has 0 aliphatic heterocycles. The third-order valence-electron chi connectivity index (χ3n) is 0. The first-order chi connectivity index (χ1) is 0. The molecule has 0 bridgehead atoms. The van der Waals surface area contributed by atoms with Gasteiger partial charge in [0.25, 0.3) is 0 Å². The fourth-order valence-electron chi connectivity index (χ4n) is 0. The molecule has 8 nitrogen and oxygen atoms in total. The minimum Gasteiger partial charge on any atom is -2.00 e. The van der Waals surface area contributed by atoms with E-state index in [9.17, 15) is 0 Å². The fourth-order valence-corrected chi connectivity index (χ4v) is 0. The fraction of sp³-hybridized carbons (Fsp3) is 0. The molecule has 0 rings (SSSR count). The summed E-state index contributed by atoms with van der Waals surface area (Å²) >= 11 is 0. The summed E-state index contributed by atoms with van der Waals surface area (Å²) in [5, 5.41) is 0. The summed E-state index contributed by atoms with van der Waals surface area (Å²) in [5.41, 5.74) is 0. The number of hydrogen-bond acceptors (Lipinski definition) is 0. The smallest absolute Gasteiger partial charge is 2.00 e. The van der Waals surface area contributed by atoms with Crippen LogP contribution in [0.5, 0.6) is 0 Å². The molecule has 0 atom stereocenters. The second kappa shape index (κ2) is 253. The molecule has 0 spiro atoms. The Morgan fingerprint density at radius 2 is 0.308 bits per heavy atom. The van der Waals surface area contributed by atoms with Crippen molar-refractivity contribution in [3.63, 3.8) is 0 Å². The molecule has 0 unspecified atom stereocenters. The molecule has 0 aliphatic rings. The van der Waals surface area contributed by atoms with E-state index < -0.39 is 0 Å². The van der Waals surface area contributed by atoms with Crippen molar-refractivity contribution in [1.82, 2.24) is 0 Å². The third-order valence-corrected chi connectivity index (χ3v) is 0. The standard InChI is InChI=1S/2In.8O.2Sn.Zn/q2*+3;8*-2;2*+4;+2. The Labute approximate surface area is 160 Å². The van der Waals surface area contributed by atoms with Crippen molar-refractivity contribution >= 4 is 99.5 Å². The van der Waals surface area contributed by atoms with Crippen molar-refractivity contribution in [1.29, 1.82) is 0 Å². The van der Waals surface area contributed by atoms with Crippen LogP contribution in [-0.2, 0) is 63.3 Å². The average molecular weight is 660 g/mol. The van der Waals surface area contributed by atoms with Crippen LogP contribution in [0.3, 0.4) is 0 Å². The molecule has 13 heavy (non-hydrogen) atoms. The van der Waals surface area contributed by atoms with Gasteiger partial charge in [0, 0.05) is 0 Å². The SMILES string of the molecule is [In+3].[In+3].[O-2].[O-2].[O-2].[O-2].[O-2].[O-2].[O-2].[O-2].[Sn+4].[Sn+4].[Zn+2]. The van der Waals surface area contributed by atoms with Crippen LogP contribution in [0.1, 0.15) is 0 Å². The average Bonchev–Trinajstić information content (AvgIpc) is 0. The Morgan fingerprint density at radius 3 is 0.308 bits per heavy atom. The summed E-state index contributed by atoms with van der Waals surface area (Å²) in [4.78, 5) is 0. The minimum atomic E-state index is 0. The maximum atomic E-state index is 0. The van der Waals surface area contributed by atoms with Gasteiger partial charge in [-0.1, -0.05) is 0 Å². The molecular formula is In2O8Sn2Zn. The van der Waals surface area contributed by atoms with Crippen LogP contribution in [0.15, 0.2) is 0 Å². The van der Waals surface area contributed by atoms with Crippen LogP contribution >= 0.6 is 0 Å². The number of rotatable bonds is 0. The van der Waals surface area contributed by atoms with E-state index in [4.69, 9.17) is 0 Å². The van der Waals surface area contributed by atoms with E-state index in [1.807, 2.05) is 0 Å². The third kappa shape index (κ3) is 220. The minimum absolute atomic E-state index is 0. The van der Waals surface area contributed by atoms with E-state index in [0.29, 0.717) is 0 Å². The summed E-state index contributed by atoms with van der Waals surface area (Å²) in [6.07, 6.45) is 0. The second-order valence-electron chi connectivity index (χ2n) is 0. The monoisotopic (exact) mass is 662 g/mol. The molecule has 0 aromatic heterocycles. The Morgan fingerprint density at radius 1 is 0.308 bits per heavy atom. The van der Waals surface area contributed by atoms with Gasteiger partial charge in [0.15, 0.2) is 0 Å². The topological polar surface area (TPSA) is 228 Å². The zero-order valence-corrected chi connectivity index (χ0v) is 21.4. The Balaban J connectivity index is 0. The van der Waals surface area contributed by atoms with E-state index in [1.54, 1.807) is 0 Å². The van der Waals surface area contributed by atoms with Crippen LogP contribution in [-0.4, -0.2) is 99.5 Å². The molecule has 0 saturated carbocycles. The van der Waals surface area contributed by atoms with Crippen LogP contribution in [0.2, 0.25) is 0 Å². The molecule has 0 saturated heterocycles. The van der Waals surface area contributed by atoms with E-state index in [2.05, 4.69) is 0 Å². The van der Waals surface area contributed by atoms with Crippen molar-refractivity contribution in [2.45, 2.75) is 0 Å². The Bertz CT molecular complexity index is 20.1. The molecule has 0 fully saturated rings. The van der Waals surface area contributed by atoms with Gasteiger partial charge in [-0.15, -0.1) is 0 Å². The van der Waals surface area contributed by atoms with Crippen LogP contribution in [0, 0.1) is 0 Å². The normalized spacial score (nSPS) is 0. The first-order valence-corrected chi connectivity index (χ1v) is 0. The van der Waals surface area contributed by atoms with E-state index in [0.717, 1.165) is 0 Å². The maximum absolute atomic E-state index is 0. The molecule has 0 N–H and O–H groups in total. The van der Waals surface area contributed by atoms with Gasteiger partial charge in [0.2, 0.25) is 0 Å². The molecule has 13 heteroatoms. The molecule has 0 radical (unpaired) electrons. The zero-order valence-electron chi connectivity index (χ0n) is 6.13. The van der Waals surface area contributed by atoms with Crippen molar-refractivity contribution in [2.24, 2.45) is 0 Å². The zero-order chi connectivity index (χ0) is 0. The van der Waals surface area contributed by atoms with Gasteiger partial charge in [-0.25, -0.2) is 0 Å². The quantitative estimate of drug-likeness (QED) is 0.246. The molecule has 0 aromatic rings. The van der Waals surface area contributed by atoms with E-state index in [-0.39, 0.29) is 163 Å². The second-order valence-corrected chi connectivity index (χ2v) is 0. The van der Waals surface area contributed by atoms with Crippen molar-refractivity contribution in [3.05, 3.63) is 0 Å². The summed E-state index contributed by atoms with van der Waals surface area (Å²) in [6, 6.07) is 0. The van der Waals surface area contributed by atoms with Gasteiger partial charge in [0.1, 0.15) is 0 Å². The first kappa shape index (κ1) is 307. The van der Waals surface area contributed by atoms with Crippen LogP contribution < -0.4 is 0 Å². The Kier molecular flexibility index (Phi) is 5970. The Hall–Kier alpha value is 3.64. The predicted octanol–water partition coefficient (Wildman–Crippen LogP) is -2.48. The van der Waals surface area contributed by atoms with E-state index in [1.165, 1.54) is 0 Å². The van der Waals surface area contributed by atoms with Crippen molar-refractivity contribution in [2.75, 3.05) is 0 Å². The summed E-state index contributed by atoms with van der Waals surface area (Å²) in [5.74, 6) is 0. The molecule has 0 heterocycles. The molecule has 0 amide bonds. The van der Waals surface area contributed by atoms with Crippen molar-refractivity contribution < 1.29 is 63.3 Å². The van der Waals surface area contributed by atoms with Gasteiger partial charge in [-0.2, -0.15) is 0 Å². The van der Waals surface area contributed by atoms with Crippen LogP contribution in [0.4, 0.5) is 0 Å². The van der Waals surface area contributed by atoms with Gasteiger partial charge in [-0.3, -0.25) is 0 Å². The van der Waals surface area contributed by atoms with Gasteiger partial charge < -0.3 is 43.8 Å². The van der Waals surface area contributed by atoms with E-state index >= 15 is 0 Å². The predicted molar refractivity (Wildman–Crippen MR) is 28.5 cm³/mol. The molecule has 64 valence electrons. The molecule has 0 aromatic carbocycles. The van der Waals surface area contributed by atoms with Gasteiger partial charge >= 0.3 is 119 Å². The van der Waals surface area contributed by atoms with Gasteiger partial charge in [0.05, 0.1) is 0 Å². The van der Waals surface area contributed by atoms with Crippen LogP contribution in [0.25, 0.3) is 0 Å². The molecule has 0 aliphatic carbocycles. The summed E-state index contributed by atoms with van der Waals surface area (Å²) in [7, 11) is 0. The largest absolute Gasteiger partial charge is 4.00 e. The number of hydrogen-bond donors (Lipinski definition) is 0. The van der Waals surface area contributed by atoms with Gasteiger partial charge in [-0.05, 0) is 0 Å². The molecular weight excluding hydrogens is 660 g/mol. The summed E-state index contributed by atoms with van der Waals surface area (Å²) < 4.78 is 0.